The van der Waals surface area contributed by atoms with Crippen molar-refractivity contribution < 1.29 is 19.5 Å². The van der Waals surface area contributed by atoms with Crippen LogP contribution in [0.2, 0.25) is 0 Å². The summed E-state index contributed by atoms with van der Waals surface area (Å²) in [6, 6.07) is 3.72. The number of thiophene rings is 1. The molecule has 0 unspecified atom stereocenters. The lowest BCUT2D eigenvalue weighted by Gasteiger charge is -2.23. The molecule has 32 heavy (non-hydrogen) atoms. The Morgan fingerprint density at radius 1 is 1.12 bits per heavy atom. The summed E-state index contributed by atoms with van der Waals surface area (Å²) in [4.78, 5) is 43.5. The number of carbonyl (C=O) groups excluding carboxylic acids is 2. The standard InChI is InChI=1S/C24H25N3O4S/c28-21(26-12-13-4-3-9-25-11-13)20-16-5-1-2-6-17(16)32-23(20)27-22(29)18-14-7-8-15(10-14)19(18)24(30)31/h3-4,7-9,11,14-15,18-19H,1-2,5-6,10,12H2,(H,26,28)(H,27,29)(H,30,31)/t14-,15+,18+,19+/m1/s1. The van der Waals surface area contributed by atoms with Crippen molar-refractivity contribution in [2.75, 3.05) is 5.32 Å². The number of aliphatic carboxylic acids is 1. The van der Waals surface area contributed by atoms with Crippen LogP contribution in [0, 0.1) is 23.7 Å². The molecular weight excluding hydrogens is 426 g/mol. The van der Waals surface area contributed by atoms with Crippen LogP contribution in [0.4, 0.5) is 5.00 Å². The molecule has 5 rings (SSSR count). The Morgan fingerprint density at radius 2 is 1.91 bits per heavy atom. The molecule has 2 aromatic rings. The molecule has 0 aromatic carbocycles. The van der Waals surface area contributed by atoms with Crippen molar-refractivity contribution in [3.05, 3.63) is 58.2 Å². The second-order valence-corrected chi connectivity index (χ2v) is 9.89. The summed E-state index contributed by atoms with van der Waals surface area (Å²) < 4.78 is 0. The lowest BCUT2D eigenvalue weighted by Crippen LogP contribution is -2.36. The number of nitrogens with one attached hydrogen (secondary N) is 2. The van der Waals surface area contributed by atoms with E-state index < -0.39 is 17.8 Å². The molecule has 0 aliphatic heterocycles. The minimum atomic E-state index is -0.929. The molecule has 0 saturated heterocycles. The summed E-state index contributed by atoms with van der Waals surface area (Å²) in [5.74, 6) is -2.90. The topological polar surface area (TPSA) is 108 Å². The van der Waals surface area contributed by atoms with E-state index >= 15 is 0 Å². The first kappa shape index (κ1) is 20.9. The van der Waals surface area contributed by atoms with Crippen molar-refractivity contribution in [1.82, 2.24) is 10.3 Å². The maximum atomic E-state index is 13.2. The molecule has 4 atom stereocenters. The van der Waals surface area contributed by atoms with Gasteiger partial charge in [-0.05, 0) is 61.1 Å². The van der Waals surface area contributed by atoms with Crippen molar-refractivity contribution in [2.45, 2.75) is 38.6 Å². The van der Waals surface area contributed by atoms with Crippen molar-refractivity contribution >= 4 is 34.1 Å². The smallest absolute Gasteiger partial charge is 0.307 e. The third-order valence-electron chi connectivity index (χ3n) is 6.86. The molecule has 2 heterocycles. The van der Waals surface area contributed by atoms with E-state index in [1.807, 2.05) is 24.3 Å². The summed E-state index contributed by atoms with van der Waals surface area (Å²) in [6.45, 7) is 0.350. The average Bonchev–Trinajstić information content (AvgIpc) is 3.50. The fraction of sp³-hybridized carbons (Fsp3) is 0.417. The monoisotopic (exact) mass is 451 g/mol. The van der Waals surface area contributed by atoms with Gasteiger partial charge in [0, 0.05) is 23.8 Å². The van der Waals surface area contributed by atoms with E-state index in [1.54, 1.807) is 12.4 Å². The second kappa shape index (κ2) is 8.50. The van der Waals surface area contributed by atoms with Crippen LogP contribution in [-0.4, -0.2) is 27.9 Å². The van der Waals surface area contributed by atoms with Gasteiger partial charge in [-0.1, -0.05) is 18.2 Å². The van der Waals surface area contributed by atoms with Crippen LogP contribution in [0.5, 0.6) is 0 Å². The number of carboxylic acid groups (broad SMARTS) is 1. The molecule has 3 N–H and O–H groups in total. The third kappa shape index (κ3) is 3.72. The van der Waals surface area contributed by atoms with Crippen LogP contribution < -0.4 is 10.6 Å². The molecular formula is C24H25N3O4S. The van der Waals surface area contributed by atoms with Crippen molar-refractivity contribution in [3.63, 3.8) is 0 Å². The quantitative estimate of drug-likeness (QED) is 0.583. The first-order chi connectivity index (χ1) is 15.5. The van der Waals surface area contributed by atoms with Gasteiger partial charge in [-0.15, -0.1) is 11.3 Å². The van der Waals surface area contributed by atoms with Gasteiger partial charge in [-0.3, -0.25) is 19.4 Å². The fourth-order valence-electron chi connectivity index (χ4n) is 5.38. The molecule has 0 radical (unpaired) electrons. The zero-order valence-corrected chi connectivity index (χ0v) is 18.4. The Kier molecular flexibility index (Phi) is 5.55. The van der Waals surface area contributed by atoms with E-state index in [0.717, 1.165) is 41.7 Å². The highest BCUT2D eigenvalue weighted by Crippen LogP contribution is 2.49. The van der Waals surface area contributed by atoms with Gasteiger partial charge in [0.2, 0.25) is 5.91 Å². The predicted molar refractivity (Wildman–Crippen MR) is 120 cm³/mol. The van der Waals surface area contributed by atoms with Gasteiger partial charge in [-0.25, -0.2) is 0 Å². The van der Waals surface area contributed by atoms with Crippen molar-refractivity contribution in [3.8, 4) is 0 Å². The van der Waals surface area contributed by atoms with Gasteiger partial charge in [0.25, 0.3) is 5.91 Å². The van der Waals surface area contributed by atoms with Gasteiger partial charge >= 0.3 is 5.97 Å². The number of hydrogen-bond acceptors (Lipinski definition) is 5. The highest BCUT2D eigenvalue weighted by Gasteiger charge is 2.51. The molecule has 8 heteroatoms. The summed E-state index contributed by atoms with van der Waals surface area (Å²) in [5, 5.41) is 16.2. The number of fused-ring (bicyclic) bond motifs is 3. The molecule has 2 bridgehead atoms. The first-order valence-electron chi connectivity index (χ1n) is 11.1. The Labute approximate surface area is 189 Å². The zero-order chi connectivity index (χ0) is 22.2. The van der Waals surface area contributed by atoms with E-state index in [2.05, 4.69) is 15.6 Å². The number of nitrogens with zero attached hydrogens (tertiary/aromatic N) is 1. The van der Waals surface area contributed by atoms with Crippen LogP contribution >= 0.6 is 11.3 Å². The Morgan fingerprint density at radius 3 is 2.66 bits per heavy atom. The highest BCUT2D eigenvalue weighted by atomic mass is 32.1. The van der Waals surface area contributed by atoms with Gasteiger partial charge in [0.15, 0.2) is 0 Å². The van der Waals surface area contributed by atoms with E-state index in [0.29, 0.717) is 23.5 Å². The minimum Gasteiger partial charge on any atom is -0.481 e. The first-order valence-corrected chi connectivity index (χ1v) is 11.9. The molecule has 7 nitrogen and oxygen atoms in total. The number of pyridine rings is 1. The fourth-order valence-corrected chi connectivity index (χ4v) is 6.67. The summed E-state index contributed by atoms with van der Waals surface area (Å²) in [6.07, 6.45) is 11.8. The summed E-state index contributed by atoms with van der Waals surface area (Å²) in [5.41, 5.74) is 2.45. The lowest BCUT2D eigenvalue weighted by molar-refractivity contribution is -0.146. The van der Waals surface area contributed by atoms with Crippen molar-refractivity contribution in [1.29, 1.82) is 0 Å². The average molecular weight is 452 g/mol. The summed E-state index contributed by atoms with van der Waals surface area (Å²) >= 11 is 1.46. The van der Waals surface area contributed by atoms with E-state index in [-0.39, 0.29) is 23.7 Å². The van der Waals surface area contributed by atoms with Crippen LogP contribution in [0.3, 0.4) is 0 Å². The summed E-state index contributed by atoms with van der Waals surface area (Å²) in [7, 11) is 0. The van der Waals surface area contributed by atoms with Gasteiger partial charge < -0.3 is 15.7 Å². The molecule has 0 spiro atoms. The SMILES string of the molecule is O=C(NCc1cccnc1)c1c(NC(=O)[C@@H]2[C@@H](C(=O)O)[C@H]3C=C[C@@H]2C3)sc2c1CCCC2. The van der Waals surface area contributed by atoms with Crippen LogP contribution in [0.15, 0.2) is 36.7 Å². The molecule has 3 aliphatic rings. The molecule has 2 aromatic heterocycles. The number of carbonyl (C=O) groups is 3. The van der Waals surface area contributed by atoms with Crippen LogP contribution in [0.25, 0.3) is 0 Å². The van der Waals surface area contributed by atoms with Crippen LogP contribution in [-0.2, 0) is 29.0 Å². The maximum Gasteiger partial charge on any atom is 0.307 e. The number of rotatable bonds is 6. The number of amides is 2. The van der Waals surface area contributed by atoms with Gasteiger partial charge in [0.05, 0.1) is 17.4 Å². The van der Waals surface area contributed by atoms with E-state index in [9.17, 15) is 19.5 Å². The maximum absolute atomic E-state index is 13.2. The minimum absolute atomic E-state index is 0.0569. The highest BCUT2D eigenvalue weighted by molar-refractivity contribution is 7.17. The molecule has 2 amide bonds. The third-order valence-corrected chi connectivity index (χ3v) is 8.07. The van der Waals surface area contributed by atoms with Crippen LogP contribution in [0.1, 0.15) is 45.6 Å². The van der Waals surface area contributed by atoms with E-state index in [4.69, 9.17) is 0 Å². The van der Waals surface area contributed by atoms with Gasteiger partial charge in [-0.2, -0.15) is 0 Å². The second-order valence-electron chi connectivity index (χ2n) is 8.79. The number of aryl methyl sites for hydroxylation is 1. The Balaban J connectivity index is 1.39. The Hall–Kier alpha value is -3.00. The number of carboxylic acids is 1. The largest absolute Gasteiger partial charge is 0.481 e. The Bertz CT molecular complexity index is 1090. The zero-order valence-electron chi connectivity index (χ0n) is 17.5. The van der Waals surface area contributed by atoms with E-state index in [1.165, 1.54) is 11.3 Å². The lowest BCUT2D eigenvalue weighted by atomic mass is 9.82. The normalized spacial score (nSPS) is 25.4. The molecule has 166 valence electrons. The van der Waals surface area contributed by atoms with Crippen molar-refractivity contribution in [2.24, 2.45) is 23.7 Å². The molecule has 3 aliphatic carbocycles. The number of anilines is 1. The predicted octanol–water partition coefficient (Wildman–Crippen LogP) is 3.41. The number of aromatic nitrogens is 1. The van der Waals surface area contributed by atoms with Gasteiger partial charge in [0.1, 0.15) is 5.00 Å². The number of hydrogen-bond donors (Lipinski definition) is 3. The molecule has 1 fully saturated rings. The molecule has 1 saturated carbocycles. The number of allylic oxidation sites excluding steroid dienone is 2.